The van der Waals surface area contributed by atoms with E-state index in [1.807, 2.05) is 0 Å². The van der Waals surface area contributed by atoms with Crippen molar-refractivity contribution in [1.29, 1.82) is 0 Å². The van der Waals surface area contributed by atoms with Crippen LogP contribution >= 0.6 is 0 Å². The van der Waals surface area contributed by atoms with Gasteiger partial charge in [0.05, 0.1) is 13.2 Å². The Bertz CT molecular complexity index is 920. The van der Waals surface area contributed by atoms with Crippen LogP contribution in [0.1, 0.15) is 271 Å². The number of ether oxygens (including phenoxy) is 2. The summed E-state index contributed by atoms with van der Waals surface area (Å²) in [5.74, 6) is -0.196. The topological polar surface area (TPSA) is 55.8 Å². The van der Waals surface area contributed by atoms with Crippen LogP contribution < -0.4 is 0 Å². The van der Waals surface area contributed by atoms with Gasteiger partial charge in [0.15, 0.2) is 0 Å². The quantitative estimate of drug-likeness (QED) is 0.0377. The molecule has 1 unspecified atom stereocenters. The van der Waals surface area contributed by atoms with Gasteiger partial charge < -0.3 is 14.6 Å². The Morgan fingerprint density at radius 1 is 0.424 bits per heavy atom. The van der Waals surface area contributed by atoms with Crippen molar-refractivity contribution in [3.05, 3.63) is 48.6 Å². The molecule has 0 heterocycles. The van der Waals surface area contributed by atoms with Crippen molar-refractivity contribution >= 4 is 5.97 Å². The van der Waals surface area contributed by atoms with E-state index in [0.29, 0.717) is 19.6 Å². The molecule has 0 aliphatic rings. The van der Waals surface area contributed by atoms with Crippen molar-refractivity contribution in [2.45, 2.75) is 277 Å². The smallest absolute Gasteiger partial charge is 0.306 e. The number of allylic oxidation sites excluding steroid dienone is 8. The summed E-state index contributed by atoms with van der Waals surface area (Å²) < 4.78 is 11.2. The van der Waals surface area contributed by atoms with Crippen LogP contribution in [0, 0.1) is 0 Å². The number of hydrogen-bond donors (Lipinski definition) is 1. The van der Waals surface area contributed by atoms with Crippen molar-refractivity contribution in [2.75, 3.05) is 19.8 Å². The highest BCUT2D eigenvalue weighted by Gasteiger charge is 2.13. The van der Waals surface area contributed by atoms with E-state index < -0.39 is 6.10 Å². The van der Waals surface area contributed by atoms with Gasteiger partial charge in [-0.05, 0) is 51.4 Å². The number of carbonyl (C=O) groups excluding carboxylic acids is 1. The van der Waals surface area contributed by atoms with Crippen LogP contribution in [-0.4, -0.2) is 37.0 Å². The first kappa shape index (κ1) is 57.3. The van der Waals surface area contributed by atoms with E-state index in [4.69, 9.17) is 9.47 Å². The zero-order valence-corrected chi connectivity index (χ0v) is 39.8. The second-order valence-corrected chi connectivity index (χ2v) is 17.6. The molecule has 0 radical (unpaired) electrons. The molecule has 1 atom stereocenters. The van der Waals surface area contributed by atoms with Crippen LogP contribution in [0.2, 0.25) is 0 Å². The normalized spacial score (nSPS) is 12.7. The zero-order valence-electron chi connectivity index (χ0n) is 39.8. The van der Waals surface area contributed by atoms with Crippen LogP contribution in [-0.2, 0) is 14.3 Å². The minimum atomic E-state index is -0.535. The van der Waals surface area contributed by atoms with E-state index in [1.165, 1.54) is 205 Å². The summed E-state index contributed by atoms with van der Waals surface area (Å²) >= 11 is 0. The lowest BCUT2D eigenvalue weighted by molar-refractivity contribution is -0.154. The Balaban J connectivity index is 3.38. The van der Waals surface area contributed by atoms with E-state index in [2.05, 4.69) is 62.5 Å². The third-order valence-corrected chi connectivity index (χ3v) is 11.7. The molecule has 0 aromatic rings. The maximum absolute atomic E-state index is 12.3. The molecule has 0 saturated heterocycles. The molecule has 4 heteroatoms. The summed E-state index contributed by atoms with van der Waals surface area (Å²) in [4.78, 5) is 12.3. The molecule has 0 fully saturated rings. The number of esters is 1. The standard InChI is InChI=1S/C55H102O4/c1-3-5-7-9-11-13-15-17-19-21-23-25-27-29-31-33-35-37-39-41-43-45-47-49-51-58-53-54(52-56)59-55(57)50-48-46-44-42-40-38-36-34-32-30-28-26-24-22-20-18-16-14-12-10-8-6-4-2/h5,7,11,13,17,19,23,25,54,56H,3-4,6,8-10,12,14-16,18,20-22,24,26-53H2,1-2H3/b7-5-,13-11-,19-17-,25-23-. The number of aliphatic hydroxyl groups excluding tert-OH is 1. The average molecular weight is 827 g/mol. The fourth-order valence-corrected chi connectivity index (χ4v) is 7.79. The van der Waals surface area contributed by atoms with Crippen LogP contribution in [0.15, 0.2) is 48.6 Å². The minimum Gasteiger partial charge on any atom is -0.457 e. The maximum Gasteiger partial charge on any atom is 0.306 e. The van der Waals surface area contributed by atoms with Crippen molar-refractivity contribution in [2.24, 2.45) is 0 Å². The van der Waals surface area contributed by atoms with Crippen molar-refractivity contribution < 1.29 is 19.4 Å². The van der Waals surface area contributed by atoms with Crippen LogP contribution in [0.25, 0.3) is 0 Å². The number of carbonyl (C=O) groups is 1. The van der Waals surface area contributed by atoms with Crippen LogP contribution in [0.5, 0.6) is 0 Å². The predicted octanol–water partition coefficient (Wildman–Crippen LogP) is 17.8. The number of hydrogen-bond acceptors (Lipinski definition) is 4. The van der Waals surface area contributed by atoms with Crippen molar-refractivity contribution in [3.63, 3.8) is 0 Å². The third-order valence-electron chi connectivity index (χ3n) is 11.7. The van der Waals surface area contributed by atoms with Gasteiger partial charge in [0, 0.05) is 13.0 Å². The monoisotopic (exact) mass is 827 g/mol. The lowest BCUT2D eigenvalue weighted by Crippen LogP contribution is -2.27. The zero-order chi connectivity index (χ0) is 42.6. The van der Waals surface area contributed by atoms with Gasteiger partial charge in [-0.3, -0.25) is 4.79 Å². The molecule has 0 amide bonds. The van der Waals surface area contributed by atoms with Crippen LogP contribution in [0.4, 0.5) is 0 Å². The van der Waals surface area contributed by atoms with Gasteiger partial charge in [0.1, 0.15) is 6.10 Å². The average Bonchev–Trinajstić information content (AvgIpc) is 3.24. The summed E-state index contributed by atoms with van der Waals surface area (Å²) in [6.45, 7) is 5.27. The Morgan fingerprint density at radius 2 is 0.763 bits per heavy atom. The lowest BCUT2D eigenvalue weighted by Gasteiger charge is -2.16. The molecule has 4 nitrogen and oxygen atoms in total. The molecule has 0 bridgehead atoms. The summed E-state index contributed by atoms with van der Waals surface area (Å²) in [5, 5.41) is 9.66. The van der Waals surface area contributed by atoms with Gasteiger partial charge >= 0.3 is 5.97 Å². The van der Waals surface area contributed by atoms with E-state index in [0.717, 1.165) is 44.9 Å². The Morgan fingerprint density at radius 3 is 1.15 bits per heavy atom. The molecular formula is C55H102O4. The molecule has 0 aromatic carbocycles. The first-order valence-corrected chi connectivity index (χ1v) is 26.2. The third kappa shape index (κ3) is 50.6. The van der Waals surface area contributed by atoms with E-state index in [-0.39, 0.29) is 12.6 Å². The molecule has 0 aliphatic carbocycles. The first-order chi connectivity index (χ1) is 29.2. The molecule has 59 heavy (non-hydrogen) atoms. The van der Waals surface area contributed by atoms with E-state index >= 15 is 0 Å². The van der Waals surface area contributed by atoms with Gasteiger partial charge in [-0.15, -0.1) is 0 Å². The summed E-state index contributed by atoms with van der Waals surface area (Å²) in [7, 11) is 0. The van der Waals surface area contributed by atoms with Gasteiger partial charge in [0.2, 0.25) is 0 Å². The molecule has 346 valence electrons. The summed E-state index contributed by atoms with van der Waals surface area (Å²) in [6, 6.07) is 0. The highest BCUT2D eigenvalue weighted by Crippen LogP contribution is 2.17. The molecule has 0 saturated carbocycles. The van der Waals surface area contributed by atoms with Crippen molar-refractivity contribution in [3.8, 4) is 0 Å². The molecule has 0 aromatic heterocycles. The number of rotatable bonds is 49. The maximum atomic E-state index is 12.3. The lowest BCUT2D eigenvalue weighted by atomic mass is 10.0. The highest BCUT2D eigenvalue weighted by atomic mass is 16.6. The molecule has 1 N–H and O–H groups in total. The second-order valence-electron chi connectivity index (χ2n) is 17.6. The Labute approximate surface area is 369 Å². The highest BCUT2D eigenvalue weighted by molar-refractivity contribution is 5.69. The minimum absolute atomic E-state index is 0.170. The molecule has 0 aliphatic heterocycles. The van der Waals surface area contributed by atoms with Gasteiger partial charge in [-0.25, -0.2) is 0 Å². The van der Waals surface area contributed by atoms with Crippen molar-refractivity contribution in [1.82, 2.24) is 0 Å². The Hall–Kier alpha value is -1.65. The molecular weight excluding hydrogens is 725 g/mol. The Kier molecular flexibility index (Phi) is 51.0. The molecule has 0 rings (SSSR count). The SMILES string of the molecule is CC/C=C\C/C=C\C/C=C\C/C=C\CCCCCCCCCCCCCOCC(CO)OC(=O)CCCCCCCCCCCCCCCCCCCCCCCCC. The van der Waals surface area contributed by atoms with Gasteiger partial charge in [-0.2, -0.15) is 0 Å². The first-order valence-electron chi connectivity index (χ1n) is 26.2. The summed E-state index contributed by atoms with van der Waals surface area (Å²) in [5.41, 5.74) is 0. The fraction of sp³-hybridized carbons (Fsp3) is 0.836. The van der Waals surface area contributed by atoms with Gasteiger partial charge in [0.25, 0.3) is 0 Å². The van der Waals surface area contributed by atoms with E-state index in [9.17, 15) is 9.90 Å². The summed E-state index contributed by atoms with van der Waals surface area (Å²) in [6.07, 6.45) is 69.3. The van der Waals surface area contributed by atoms with Gasteiger partial charge in [-0.1, -0.05) is 262 Å². The van der Waals surface area contributed by atoms with Crippen LogP contribution in [0.3, 0.4) is 0 Å². The second kappa shape index (κ2) is 52.5. The number of aliphatic hydroxyl groups is 1. The predicted molar refractivity (Wildman–Crippen MR) is 260 cm³/mol. The van der Waals surface area contributed by atoms with E-state index in [1.54, 1.807) is 0 Å². The number of unbranched alkanes of at least 4 members (excludes halogenated alkanes) is 33. The molecule has 0 spiro atoms. The fourth-order valence-electron chi connectivity index (χ4n) is 7.79. The largest absolute Gasteiger partial charge is 0.457 e.